The number of carbonyl (C=O) groups is 1. The number of nitrogens with zero attached hydrogens (tertiary/aromatic N) is 2. The minimum atomic E-state index is -0.0833. The molecule has 2 aromatic carbocycles. The number of thiophene rings is 1. The minimum absolute atomic E-state index is 0.0332. The molecule has 1 amide bonds. The molecule has 0 saturated carbocycles. The number of rotatable bonds is 2. The monoisotopic (exact) mass is 391 g/mol. The van der Waals surface area contributed by atoms with Crippen LogP contribution in [0.15, 0.2) is 35.7 Å². The van der Waals surface area contributed by atoms with Gasteiger partial charge in [-0.25, -0.2) is 4.98 Å². The Balaban J connectivity index is 1.69. The number of nitrogens with one attached hydrogen (secondary N) is 1. The summed E-state index contributed by atoms with van der Waals surface area (Å²) in [4.78, 5) is 17.3. The summed E-state index contributed by atoms with van der Waals surface area (Å²) in [5.74, 6) is 1.57. The van der Waals surface area contributed by atoms with Crippen LogP contribution in [0.2, 0.25) is 0 Å². The van der Waals surface area contributed by atoms with Crippen molar-refractivity contribution in [3.8, 4) is 5.75 Å². The van der Waals surface area contributed by atoms with E-state index >= 15 is 0 Å². The molecule has 28 heavy (non-hydrogen) atoms. The summed E-state index contributed by atoms with van der Waals surface area (Å²) >= 11 is 1.75. The number of fused-ring (bicyclic) bond motifs is 4. The lowest BCUT2D eigenvalue weighted by Crippen LogP contribution is -2.23. The first-order chi connectivity index (χ1) is 13.6. The number of aryl methyl sites for hydroxylation is 2. The Morgan fingerprint density at radius 2 is 2.18 bits per heavy atom. The highest BCUT2D eigenvalue weighted by molar-refractivity contribution is 7.17. The Bertz CT molecular complexity index is 1240. The summed E-state index contributed by atoms with van der Waals surface area (Å²) in [6.45, 7) is 1.97. The Morgan fingerprint density at radius 3 is 3.00 bits per heavy atom. The molecular weight excluding hydrogens is 370 g/mol. The lowest BCUT2D eigenvalue weighted by molar-refractivity contribution is 0.0959. The fraction of sp³-hybridized carbons (Fsp3) is 0.273. The van der Waals surface area contributed by atoms with Crippen LogP contribution in [0, 0.1) is 6.92 Å². The Hall–Kier alpha value is -2.86. The molecule has 1 N–H and O–H groups in total. The van der Waals surface area contributed by atoms with Crippen molar-refractivity contribution >= 4 is 38.4 Å². The maximum Gasteiger partial charge on any atom is 0.251 e. The van der Waals surface area contributed by atoms with Crippen LogP contribution in [0.3, 0.4) is 0 Å². The normalized spacial score (nSPS) is 16.2. The lowest BCUT2D eigenvalue weighted by atomic mass is 9.93. The van der Waals surface area contributed by atoms with Gasteiger partial charge in [-0.05, 0) is 42.7 Å². The van der Waals surface area contributed by atoms with E-state index in [4.69, 9.17) is 9.72 Å². The zero-order chi connectivity index (χ0) is 19.4. The standard InChI is InChI=1S/C22H21N3O2S/c1-12-24-20-17(25(12)3)10-15(22(26)23-2)14-8-9-18(27-21(14)20)16-11-28-19-7-5-4-6-13(16)19/h4-7,10-11,18H,8-9H2,1-3H3,(H,23,26)/t18-/m0/s1. The zero-order valence-electron chi connectivity index (χ0n) is 16.1. The first-order valence-electron chi connectivity index (χ1n) is 9.42. The van der Waals surface area contributed by atoms with Gasteiger partial charge in [0.15, 0.2) is 5.75 Å². The van der Waals surface area contributed by atoms with E-state index in [2.05, 4.69) is 35.0 Å². The molecule has 0 fully saturated rings. The Kier molecular flexibility index (Phi) is 3.91. The van der Waals surface area contributed by atoms with Gasteiger partial charge in [0.05, 0.1) is 5.52 Å². The molecule has 4 aromatic rings. The third-order valence-corrected chi connectivity index (χ3v) is 6.69. The van der Waals surface area contributed by atoms with Crippen LogP contribution in [0.1, 0.15) is 39.8 Å². The van der Waals surface area contributed by atoms with Crippen LogP contribution in [0.5, 0.6) is 5.75 Å². The van der Waals surface area contributed by atoms with Crippen LogP contribution < -0.4 is 10.1 Å². The molecule has 0 unspecified atom stereocenters. The van der Waals surface area contributed by atoms with Crippen molar-refractivity contribution in [2.45, 2.75) is 25.9 Å². The van der Waals surface area contributed by atoms with Gasteiger partial charge in [0.25, 0.3) is 5.91 Å². The average molecular weight is 391 g/mol. The number of hydrogen-bond donors (Lipinski definition) is 1. The van der Waals surface area contributed by atoms with E-state index in [1.807, 2.05) is 24.6 Å². The molecule has 5 rings (SSSR count). The molecule has 0 aliphatic carbocycles. The Morgan fingerprint density at radius 1 is 1.36 bits per heavy atom. The summed E-state index contributed by atoms with van der Waals surface area (Å²) in [6.07, 6.45) is 1.60. The summed E-state index contributed by atoms with van der Waals surface area (Å²) < 4.78 is 9.83. The van der Waals surface area contributed by atoms with Crippen LogP contribution in [-0.4, -0.2) is 22.5 Å². The van der Waals surface area contributed by atoms with Gasteiger partial charge in [0, 0.05) is 35.5 Å². The van der Waals surface area contributed by atoms with Crippen molar-refractivity contribution in [2.24, 2.45) is 7.05 Å². The zero-order valence-corrected chi connectivity index (χ0v) is 16.9. The van der Waals surface area contributed by atoms with Gasteiger partial charge in [-0.3, -0.25) is 4.79 Å². The van der Waals surface area contributed by atoms with Gasteiger partial charge >= 0.3 is 0 Å². The molecule has 2 aromatic heterocycles. The van der Waals surface area contributed by atoms with Gasteiger partial charge in [-0.1, -0.05) is 18.2 Å². The van der Waals surface area contributed by atoms with E-state index in [0.717, 1.165) is 41.0 Å². The molecular formula is C22H21N3O2S. The van der Waals surface area contributed by atoms with Crippen LogP contribution in [-0.2, 0) is 13.5 Å². The number of carbonyl (C=O) groups excluding carboxylic acids is 1. The quantitative estimate of drug-likeness (QED) is 0.546. The van der Waals surface area contributed by atoms with E-state index < -0.39 is 0 Å². The predicted molar refractivity (Wildman–Crippen MR) is 112 cm³/mol. The van der Waals surface area contributed by atoms with Crippen LogP contribution in [0.25, 0.3) is 21.1 Å². The smallest absolute Gasteiger partial charge is 0.251 e. The topological polar surface area (TPSA) is 56.2 Å². The SMILES string of the molecule is CNC(=O)c1cc2c(nc(C)n2C)c2c1CC[C@@H](c1csc3ccccc13)O2. The largest absolute Gasteiger partial charge is 0.483 e. The molecule has 0 bridgehead atoms. The fourth-order valence-corrected chi connectivity index (χ4v) is 5.11. The number of benzene rings is 2. The van der Waals surface area contributed by atoms with Crippen LogP contribution in [0.4, 0.5) is 0 Å². The first kappa shape index (κ1) is 17.3. The van der Waals surface area contributed by atoms with Crippen molar-refractivity contribution in [1.82, 2.24) is 14.9 Å². The third kappa shape index (κ3) is 2.44. The average Bonchev–Trinajstić information content (AvgIpc) is 3.28. The molecule has 6 heteroatoms. The highest BCUT2D eigenvalue weighted by Crippen LogP contribution is 2.43. The second-order valence-electron chi connectivity index (χ2n) is 7.23. The van der Waals surface area contributed by atoms with Gasteiger partial charge in [-0.15, -0.1) is 11.3 Å². The first-order valence-corrected chi connectivity index (χ1v) is 10.3. The van der Waals surface area contributed by atoms with Gasteiger partial charge in [0.1, 0.15) is 17.4 Å². The molecule has 5 nitrogen and oxygen atoms in total. The maximum absolute atomic E-state index is 12.5. The number of hydrogen-bond acceptors (Lipinski definition) is 4. The van der Waals surface area contributed by atoms with E-state index in [0.29, 0.717) is 5.56 Å². The molecule has 1 aliphatic heterocycles. The molecule has 142 valence electrons. The lowest BCUT2D eigenvalue weighted by Gasteiger charge is -2.28. The highest BCUT2D eigenvalue weighted by atomic mass is 32.1. The minimum Gasteiger partial charge on any atom is -0.483 e. The van der Waals surface area contributed by atoms with Crippen LogP contribution >= 0.6 is 11.3 Å². The van der Waals surface area contributed by atoms with Crippen molar-refractivity contribution in [3.05, 3.63) is 58.2 Å². The summed E-state index contributed by atoms with van der Waals surface area (Å²) in [7, 11) is 3.63. The highest BCUT2D eigenvalue weighted by Gasteiger charge is 2.30. The van der Waals surface area contributed by atoms with Gasteiger partial charge < -0.3 is 14.6 Å². The van der Waals surface area contributed by atoms with E-state index in [-0.39, 0.29) is 12.0 Å². The molecule has 0 radical (unpaired) electrons. The molecule has 0 saturated heterocycles. The molecule has 1 atom stereocenters. The van der Waals surface area contributed by atoms with E-state index in [1.54, 1.807) is 18.4 Å². The van der Waals surface area contributed by atoms with E-state index in [1.165, 1.54) is 15.6 Å². The van der Waals surface area contributed by atoms with Crippen molar-refractivity contribution < 1.29 is 9.53 Å². The summed E-state index contributed by atoms with van der Waals surface area (Å²) in [6, 6.07) is 10.4. The summed E-state index contributed by atoms with van der Waals surface area (Å²) in [5.41, 5.74) is 4.62. The third-order valence-electron chi connectivity index (χ3n) is 5.70. The second-order valence-corrected chi connectivity index (χ2v) is 8.14. The Labute approximate surface area is 167 Å². The second kappa shape index (κ2) is 6.34. The van der Waals surface area contributed by atoms with Crippen molar-refractivity contribution in [3.63, 3.8) is 0 Å². The number of imidazole rings is 1. The number of aromatic nitrogens is 2. The van der Waals surface area contributed by atoms with Crippen molar-refractivity contribution in [2.75, 3.05) is 7.05 Å². The molecule has 3 heterocycles. The predicted octanol–water partition coefficient (Wildman–Crippen LogP) is 4.52. The summed E-state index contributed by atoms with van der Waals surface area (Å²) in [5, 5.41) is 6.21. The van der Waals surface area contributed by atoms with Gasteiger partial charge in [0.2, 0.25) is 0 Å². The number of amides is 1. The molecule has 1 aliphatic rings. The maximum atomic E-state index is 12.5. The fourth-order valence-electron chi connectivity index (χ4n) is 4.10. The van der Waals surface area contributed by atoms with Crippen molar-refractivity contribution in [1.29, 1.82) is 0 Å². The number of ether oxygens (including phenoxy) is 1. The van der Waals surface area contributed by atoms with Gasteiger partial charge in [-0.2, -0.15) is 0 Å². The molecule has 0 spiro atoms. The van der Waals surface area contributed by atoms with E-state index in [9.17, 15) is 4.79 Å².